The number of carbonyl (C=O) groups is 2. The van der Waals surface area contributed by atoms with E-state index in [1.807, 2.05) is 31.2 Å². The molecule has 2 atom stereocenters. The van der Waals surface area contributed by atoms with Gasteiger partial charge < -0.3 is 9.84 Å². The lowest BCUT2D eigenvalue weighted by molar-refractivity contribution is 0.196. The molecule has 0 saturated carbocycles. The lowest BCUT2D eigenvalue weighted by Gasteiger charge is -2.27. The standard InChI is InChI=1S/C22H25N3O4/c1-13(2)14-4-6-15(7-5-14)24-20(26)29-16-8-9-18-17(12-16)22(3)10-11-23-19(22)25(18)21(27)28/h4-9,12-13,19,23H,10-11H2,1-3H3,(H,24,26)(H,27,28). The molecule has 0 bridgehead atoms. The lowest BCUT2D eigenvalue weighted by atomic mass is 9.81. The van der Waals surface area contributed by atoms with Crippen molar-refractivity contribution in [3.8, 4) is 5.75 Å². The van der Waals surface area contributed by atoms with Crippen molar-refractivity contribution in [3.05, 3.63) is 53.6 Å². The Kier molecular flexibility index (Phi) is 4.70. The Labute approximate surface area is 169 Å². The summed E-state index contributed by atoms with van der Waals surface area (Å²) in [5, 5.41) is 15.6. The second-order valence-electron chi connectivity index (χ2n) is 8.15. The van der Waals surface area contributed by atoms with Gasteiger partial charge in [-0.2, -0.15) is 0 Å². The predicted molar refractivity (Wildman–Crippen MR) is 111 cm³/mol. The van der Waals surface area contributed by atoms with Crippen LogP contribution in [0.1, 0.15) is 44.2 Å². The van der Waals surface area contributed by atoms with E-state index in [2.05, 4.69) is 24.5 Å². The number of carbonyl (C=O) groups excluding carboxylic acids is 1. The molecule has 152 valence electrons. The van der Waals surface area contributed by atoms with E-state index >= 15 is 0 Å². The molecule has 2 aliphatic heterocycles. The highest BCUT2D eigenvalue weighted by atomic mass is 16.6. The molecule has 29 heavy (non-hydrogen) atoms. The van der Waals surface area contributed by atoms with Crippen molar-refractivity contribution in [3.63, 3.8) is 0 Å². The molecular weight excluding hydrogens is 370 g/mol. The van der Waals surface area contributed by atoms with Gasteiger partial charge in [-0.3, -0.25) is 15.5 Å². The molecule has 2 unspecified atom stereocenters. The van der Waals surface area contributed by atoms with Gasteiger partial charge in [0.05, 0.1) is 5.69 Å². The lowest BCUT2D eigenvalue weighted by Crippen LogP contribution is -2.48. The smallest absolute Gasteiger partial charge is 0.417 e. The maximum Gasteiger partial charge on any atom is 0.417 e. The minimum absolute atomic E-state index is 0.307. The summed E-state index contributed by atoms with van der Waals surface area (Å²) in [5.74, 6) is 0.808. The summed E-state index contributed by atoms with van der Waals surface area (Å²) in [6.07, 6.45) is -1.07. The molecule has 2 aromatic rings. The van der Waals surface area contributed by atoms with Crippen LogP contribution in [0, 0.1) is 0 Å². The second-order valence-corrected chi connectivity index (χ2v) is 8.15. The van der Waals surface area contributed by atoms with Crippen LogP contribution >= 0.6 is 0 Å². The molecule has 1 saturated heterocycles. The third-order valence-corrected chi connectivity index (χ3v) is 5.93. The van der Waals surface area contributed by atoms with Crippen LogP contribution in [0.4, 0.5) is 21.0 Å². The molecule has 2 aliphatic rings. The van der Waals surface area contributed by atoms with Crippen molar-refractivity contribution in [2.45, 2.75) is 44.7 Å². The first kappa shape index (κ1) is 19.3. The SMILES string of the molecule is CC(C)c1ccc(NC(=O)Oc2ccc3c(c2)C2(C)CCNC2N3C(=O)O)cc1. The number of hydrogen-bond acceptors (Lipinski definition) is 4. The topological polar surface area (TPSA) is 90.9 Å². The largest absolute Gasteiger partial charge is 0.465 e. The first-order valence-electron chi connectivity index (χ1n) is 9.78. The third kappa shape index (κ3) is 3.31. The molecule has 7 heteroatoms. The number of anilines is 2. The number of amides is 2. The predicted octanol–water partition coefficient (Wildman–Crippen LogP) is 4.50. The number of fused-ring (bicyclic) bond motifs is 3. The quantitative estimate of drug-likeness (QED) is 0.712. The first-order valence-corrected chi connectivity index (χ1v) is 9.78. The fraction of sp³-hybridized carbons (Fsp3) is 0.364. The minimum Gasteiger partial charge on any atom is -0.465 e. The van der Waals surface area contributed by atoms with Crippen LogP contribution in [0.2, 0.25) is 0 Å². The van der Waals surface area contributed by atoms with Gasteiger partial charge in [0.1, 0.15) is 11.9 Å². The fourth-order valence-electron chi connectivity index (χ4n) is 4.29. The number of benzene rings is 2. The molecule has 0 aromatic heterocycles. The second kappa shape index (κ2) is 7.08. The minimum atomic E-state index is -0.995. The Morgan fingerprint density at radius 3 is 2.62 bits per heavy atom. The Morgan fingerprint density at radius 2 is 1.97 bits per heavy atom. The van der Waals surface area contributed by atoms with Gasteiger partial charge >= 0.3 is 12.2 Å². The molecule has 0 aliphatic carbocycles. The molecule has 2 aromatic carbocycles. The van der Waals surface area contributed by atoms with Crippen LogP contribution in [-0.4, -0.2) is 30.0 Å². The first-order chi connectivity index (χ1) is 13.8. The van der Waals surface area contributed by atoms with Crippen LogP contribution < -0.4 is 20.3 Å². The molecule has 4 rings (SSSR count). The van der Waals surface area contributed by atoms with Crippen LogP contribution in [0.3, 0.4) is 0 Å². The maximum absolute atomic E-state index is 12.3. The number of carboxylic acid groups (broad SMARTS) is 1. The summed E-state index contributed by atoms with van der Waals surface area (Å²) >= 11 is 0. The monoisotopic (exact) mass is 395 g/mol. The van der Waals surface area contributed by atoms with Crippen molar-refractivity contribution in [2.24, 2.45) is 0 Å². The summed E-state index contributed by atoms with van der Waals surface area (Å²) in [6.45, 7) is 7.00. The molecule has 7 nitrogen and oxygen atoms in total. The van der Waals surface area contributed by atoms with Gasteiger partial charge in [-0.1, -0.05) is 32.9 Å². The van der Waals surface area contributed by atoms with Crippen LogP contribution in [0.25, 0.3) is 0 Å². The highest BCUT2D eigenvalue weighted by molar-refractivity contribution is 5.92. The number of hydrogen-bond donors (Lipinski definition) is 3. The zero-order valence-electron chi connectivity index (χ0n) is 16.7. The zero-order valence-corrected chi connectivity index (χ0v) is 16.7. The summed E-state index contributed by atoms with van der Waals surface area (Å²) in [7, 11) is 0. The third-order valence-electron chi connectivity index (χ3n) is 5.93. The fourth-order valence-corrected chi connectivity index (χ4v) is 4.29. The summed E-state index contributed by atoms with van der Waals surface area (Å²) in [5.41, 5.74) is 3.01. The van der Waals surface area contributed by atoms with E-state index in [4.69, 9.17) is 4.74 Å². The number of rotatable bonds is 3. The van der Waals surface area contributed by atoms with Gasteiger partial charge in [0.25, 0.3) is 0 Å². The molecule has 2 amide bonds. The van der Waals surface area contributed by atoms with Gasteiger partial charge in [0.2, 0.25) is 0 Å². The molecule has 1 fully saturated rings. The van der Waals surface area contributed by atoms with Crippen molar-refractivity contribution in [1.82, 2.24) is 5.32 Å². The van der Waals surface area contributed by atoms with E-state index in [9.17, 15) is 14.7 Å². The molecule has 0 radical (unpaired) electrons. The Hall–Kier alpha value is -3.06. The summed E-state index contributed by atoms with van der Waals surface area (Å²) in [4.78, 5) is 25.5. The van der Waals surface area contributed by atoms with Crippen LogP contribution in [0.5, 0.6) is 5.75 Å². The van der Waals surface area contributed by atoms with E-state index in [0.29, 0.717) is 23.0 Å². The molecular formula is C22H25N3O4. The van der Waals surface area contributed by atoms with Gasteiger partial charge in [-0.15, -0.1) is 0 Å². The van der Waals surface area contributed by atoms with Gasteiger partial charge in [-0.05, 0) is 60.3 Å². The average molecular weight is 395 g/mol. The Morgan fingerprint density at radius 1 is 1.24 bits per heavy atom. The molecule has 3 N–H and O–H groups in total. The Balaban J connectivity index is 1.52. The van der Waals surface area contributed by atoms with Crippen LogP contribution in [-0.2, 0) is 5.41 Å². The van der Waals surface area contributed by atoms with Gasteiger partial charge in [-0.25, -0.2) is 9.59 Å². The van der Waals surface area contributed by atoms with Crippen molar-refractivity contribution >= 4 is 23.6 Å². The van der Waals surface area contributed by atoms with E-state index in [1.54, 1.807) is 18.2 Å². The molecule has 2 heterocycles. The van der Waals surface area contributed by atoms with Gasteiger partial charge in [0, 0.05) is 11.1 Å². The highest BCUT2D eigenvalue weighted by Crippen LogP contribution is 2.49. The zero-order chi connectivity index (χ0) is 20.8. The number of ether oxygens (including phenoxy) is 1. The average Bonchev–Trinajstić information content (AvgIpc) is 3.15. The summed E-state index contributed by atoms with van der Waals surface area (Å²) < 4.78 is 5.47. The van der Waals surface area contributed by atoms with E-state index in [0.717, 1.165) is 18.5 Å². The van der Waals surface area contributed by atoms with E-state index in [-0.39, 0.29) is 11.6 Å². The van der Waals surface area contributed by atoms with E-state index in [1.165, 1.54) is 10.5 Å². The van der Waals surface area contributed by atoms with Crippen molar-refractivity contribution in [2.75, 3.05) is 16.8 Å². The number of nitrogens with one attached hydrogen (secondary N) is 2. The van der Waals surface area contributed by atoms with Gasteiger partial charge in [0.15, 0.2) is 0 Å². The normalized spacial score (nSPS) is 22.3. The Bertz CT molecular complexity index is 957. The van der Waals surface area contributed by atoms with E-state index < -0.39 is 12.2 Å². The highest BCUT2D eigenvalue weighted by Gasteiger charge is 2.53. The molecule has 0 spiro atoms. The van der Waals surface area contributed by atoms with Crippen molar-refractivity contribution < 1.29 is 19.4 Å². The van der Waals surface area contributed by atoms with Crippen LogP contribution in [0.15, 0.2) is 42.5 Å². The maximum atomic E-state index is 12.3. The number of nitrogens with zero attached hydrogens (tertiary/aromatic N) is 1. The van der Waals surface area contributed by atoms with Crippen molar-refractivity contribution in [1.29, 1.82) is 0 Å². The summed E-state index contributed by atoms with van der Waals surface area (Å²) in [6, 6.07) is 12.8.